The van der Waals surface area contributed by atoms with Gasteiger partial charge >= 0.3 is 6.18 Å². The Kier molecular flexibility index (Phi) is 6.37. The average Bonchev–Trinajstić information content (AvgIpc) is 3.13. The minimum absolute atomic E-state index is 0.0231. The standard InChI is InChI=1S/C18H13F4N3O3S/c19-13-6-1-2-7-14(13)27-9-16-24-25-17(28-16)29-10-15(26)23-12-5-3-4-11(8-12)18(20,21)22/h1-8H,9-10H2,(H,23,26). The fourth-order valence-corrected chi connectivity index (χ4v) is 2.73. The molecule has 0 aliphatic rings. The molecule has 1 amide bonds. The van der Waals surface area contributed by atoms with E-state index in [1.165, 1.54) is 30.3 Å². The molecule has 0 bridgehead atoms. The third-order valence-corrected chi connectivity index (χ3v) is 4.25. The van der Waals surface area contributed by atoms with Gasteiger partial charge in [-0.1, -0.05) is 30.0 Å². The molecular formula is C18H13F4N3O3S. The van der Waals surface area contributed by atoms with Crippen LogP contribution in [0, 0.1) is 5.82 Å². The number of thioether (sulfide) groups is 1. The number of halogens is 4. The number of rotatable bonds is 7. The number of alkyl halides is 3. The number of para-hydroxylation sites is 1. The predicted octanol–water partition coefficient (Wildman–Crippen LogP) is 4.54. The summed E-state index contributed by atoms with van der Waals surface area (Å²) in [7, 11) is 0. The van der Waals surface area contributed by atoms with Gasteiger partial charge in [0.25, 0.3) is 11.1 Å². The number of ether oxygens (including phenoxy) is 1. The summed E-state index contributed by atoms with van der Waals surface area (Å²) in [5.41, 5.74) is -0.839. The third-order valence-electron chi connectivity index (χ3n) is 3.44. The number of aromatic nitrogens is 2. The lowest BCUT2D eigenvalue weighted by Gasteiger charge is -2.09. The Morgan fingerprint density at radius 3 is 2.69 bits per heavy atom. The second-order valence-corrected chi connectivity index (χ2v) is 6.52. The van der Waals surface area contributed by atoms with Gasteiger partial charge in [0.2, 0.25) is 5.91 Å². The van der Waals surface area contributed by atoms with E-state index >= 15 is 0 Å². The van der Waals surface area contributed by atoms with Crippen LogP contribution < -0.4 is 10.1 Å². The van der Waals surface area contributed by atoms with Crippen LogP contribution in [0.3, 0.4) is 0 Å². The Bertz CT molecular complexity index is 994. The van der Waals surface area contributed by atoms with Crippen LogP contribution >= 0.6 is 11.8 Å². The Hall–Kier alpha value is -3.08. The van der Waals surface area contributed by atoms with Crippen molar-refractivity contribution in [3.8, 4) is 5.75 Å². The number of nitrogens with one attached hydrogen (secondary N) is 1. The topological polar surface area (TPSA) is 77.2 Å². The van der Waals surface area contributed by atoms with Gasteiger partial charge < -0.3 is 14.5 Å². The molecule has 1 heterocycles. The molecule has 0 fully saturated rings. The molecule has 3 aromatic rings. The molecule has 0 saturated carbocycles. The van der Waals surface area contributed by atoms with Crippen molar-refractivity contribution < 1.29 is 31.5 Å². The smallest absolute Gasteiger partial charge is 0.416 e. The first kappa shape index (κ1) is 20.6. The molecule has 0 spiro atoms. The van der Waals surface area contributed by atoms with Crippen LogP contribution in [0.15, 0.2) is 58.2 Å². The van der Waals surface area contributed by atoms with Crippen LogP contribution in [0.5, 0.6) is 5.75 Å². The van der Waals surface area contributed by atoms with Crippen molar-refractivity contribution >= 4 is 23.4 Å². The molecule has 0 radical (unpaired) electrons. The van der Waals surface area contributed by atoms with E-state index in [0.29, 0.717) is 0 Å². The van der Waals surface area contributed by atoms with Crippen molar-refractivity contribution in [1.29, 1.82) is 0 Å². The molecule has 6 nitrogen and oxygen atoms in total. The Morgan fingerprint density at radius 1 is 1.14 bits per heavy atom. The molecule has 1 N–H and O–H groups in total. The van der Waals surface area contributed by atoms with Crippen LogP contribution in [-0.2, 0) is 17.6 Å². The average molecular weight is 427 g/mol. The molecule has 0 aliphatic heterocycles. The number of nitrogens with zero attached hydrogens (tertiary/aromatic N) is 2. The van der Waals surface area contributed by atoms with Crippen molar-refractivity contribution in [2.45, 2.75) is 18.0 Å². The normalized spacial score (nSPS) is 11.3. The lowest BCUT2D eigenvalue weighted by Crippen LogP contribution is -2.15. The molecule has 0 unspecified atom stereocenters. The summed E-state index contributed by atoms with van der Waals surface area (Å²) >= 11 is 0.899. The number of hydrogen-bond donors (Lipinski definition) is 1. The zero-order chi connectivity index (χ0) is 20.9. The molecule has 29 heavy (non-hydrogen) atoms. The summed E-state index contributed by atoms with van der Waals surface area (Å²) < 4.78 is 62.1. The zero-order valence-corrected chi connectivity index (χ0v) is 15.4. The molecule has 0 aliphatic carbocycles. The van der Waals surface area contributed by atoms with Gasteiger partial charge in [0.05, 0.1) is 11.3 Å². The number of anilines is 1. The minimum Gasteiger partial charge on any atom is -0.481 e. The van der Waals surface area contributed by atoms with E-state index in [1.54, 1.807) is 6.07 Å². The molecule has 0 atom stereocenters. The SMILES string of the molecule is O=C(CSc1nnc(COc2ccccc2F)o1)Nc1cccc(C(F)(F)F)c1. The summed E-state index contributed by atoms with van der Waals surface area (Å²) in [6.45, 7) is -0.162. The third kappa shape index (κ3) is 5.95. The van der Waals surface area contributed by atoms with E-state index in [4.69, 9.17) is 9.15 Å². The summed E-state index contributed by atoms with van der Waals surface area (Å²) in [6.07, 6.45) is -4.50. The van der Waals surface area contributed by atoms with Gasteiger partial charge in [0.15, 0.2) is 18.2 Å². The summed E-state index contributed by atoms with van der Waals surface area (Å²) in [6, 6.07) is 10.1. The summed E-state index contributed by atoms with van der Waals surface area (Å²) in [4.78, 5) is 11.9. The molecular weight excluding hydrogens is 414 g/mol. The van der Waals surface area contributed by atoms with Crippen molar-refractivity contribution in [1.82, 2.24) is 10.2 Å². The molecule has 3 rings (SSSR count). The highest BCUT2D eigenvalue weighted by Gasteiger charge is 2.30. The van der Waals surface area contributed by atoms with Crippen molar-refractivity contribution in [3.63, 3.8) is 0 Å². The Balaban J connectivity index is 1.49. The van der Waals surface area contributed by atoms with E-state index in [1.807, 2.05) is 0 Å². The zero-order valence-electron chi connectivity index (χ0n) is 14.6. The minimum atomic E-state index is -4.50. The van der Waals surface area contributed by atoms with Crippen molar-refractivity contribution in [3.05, 3.63) is 65.8 Å². The molecule has 152 valence electrons. The van der Waals surface area contributed by atoms with E-state index in [0.717, 1.165) is 23.9 Å². The van der Waals surface area contributed by atoms with Crippen LogP contribution in [0.25, 0.3) is 0 Å². The fraction of sp³-hybridized carbons (Fsp3) is 0.167. The quantitative estimate of drug-likeness (QED) is 0.441. The summed E-state index contributed by atoms with van der Waals surface area (Å²) in [5.74, 6) is -1.13. The van der Waals surface area contributed by atoms with Gasteiger partial charge in [-0.05, 0) is 30.3 Å². The predicted molar refractivity (Wildman–Crippen MR) is 95.8 cm³/mol. The van der Waals surface area contributed by atoms with Crippen LogP contribution in [0.1, 0.15) is 11.5 Å². The first-order valence-electron chi connectivity index (χ1n) is 8.11. The number of amides is 1. The maximum Gasteiger partial charge on any atom is 0.416 e. The van der Waals surface area contributed by atoms with Crippen LogP contribution in [-0.4, -0.2) is 21.9 Å². The van der Waals surface area contributed by atoms with Gasteiger partial charge in [-0.2, -0.15) is 13.2 Å². The molecule has 0 saturated heterocycles. The van der Waals surface area contributed by atoms with Gasteiger partial charge in [-0.3, -0.25) is 4.79 Å². The largest absolute Gasteiger partial charge is 0.481 e. The monoisotopic (exact) mass is 427 g/mol. The number of benzene rings is 2. The second-order valence-electron chi connectivity index (χ2n) is 5.60. The molecule has 2 aromatic carbocycles. The number of carbonyl (C=O) groups excluding carboxylic acids is 1. The first-order valence-corrected chi connectivity index (χ1v) is 9.09. The lowest BCUT2D eigenvalue weighted by atomic mass is 10.2. The molecule has 1 aromatic heterocycles. The Labute approximate surface area is 166 Å². The van der Waals surface area contributed by atoms with Gasteiger partial charge in [0.1, 0.15) is 0 Å². The highest BCUT2D eigenvalue weighted by atomic mass is 32.2. The number of hydrogen-bond acceptors (Lipinski definition) is 6. The van der Waals surface area contributed by atoms with Crippen LogP contribution in [0.2, 0.25) is 0 Å². The first-order chi connectivity index (χ1) is 13.8. The van der Waals surface area contributed by atoms with Gasteiger partial charge in [-0.25, -0.2) is 4.39 Å². The van der Waals surface area contributed by atoms with Gasteiger partial charge in [-0.15, -0.1) is 10.2 Å². The van der Waals surface area contributed by atoms with Crippen LogP contribution in [0.4, 0.5) is 23.2 Å². The maximum atomic E-state index is 13.5. The Morgan fingerprint density at radius 2 is 1.93 bits per heavy atom. The summed E-state index contributed by atoms with van der Waals surface area (Å²) in [5, 5.41) is 9.87. The van der Waals surface area contributed by atoms with E-state index in [-0.39, 0.29) is 34.9 Å². The van der Waals surface area contributed by atoms with E-state index in [9.17, 15) is 22.4 Å². The van der Waals surface area contributed by atoms with E-state index in [2.05, 4.69) is 15.5 Å². The van der Waals surface area contributed by atoms with Crippen molar-refractivity contribution in [2.24, 2.45) is 0 Å². The highest BCUT2D eigenvalue weighted by Crippen LogP contribution is 2.30. The maximum absolute atomic E-state index is 13.5. The highest BCUT2D eigenvalue weighted by molar-refractivity contribution is 7.99. The fourth-order valence-electron chi connectivity index (χ4n) is 2.15. The number of carbonyl (C=O) groups is 1. The molecule has 11 heteroatoms. The van der Waals surface area contributed by atoms with Gasteiger partial charge in [0, 0.05) is 5.69 Å². The van der Waals surface area contributed by atoms with E-state index < -0.39 is 23.5 Å². The van der Waals surface area contributed by atoms with Crippen molar-refractivity contribution in [2.75, 3.05) is 11.1 Å². The second kappa shape index (κ2) is 8.95. The lowest BCUT2D eigenvalue weighted by molar-refractivity contribution is -0.137.